The third-order valence-corrected chi connectivity index (χ3v) is 7.02. The van der Waals surface area contributed by atoms with E-state index in [-0.39, 0.29) is 0 Å². The van der Waals surface area contributed by atoms with E-state index in [1.807, 2.05) is 25.1 Å². The number of nitrogens with two attached hydrogens (primary N) is 2. The number of aromatic nitrogens is 5. The number of rotatable bonds is 5. The number of nitrogens with zero attached hydrogens (tertiary/aromatic N) is 7. The number of hydrogen-bond donors (Lipinski definition) is 2. The number of benzene rings is 1. The summed E-state index contributed by atoms with van der Waals surface area (Å²) >= 11 is 1.25. The molecule has 0 unspecified atom stereocenters. The Morgan fingerprint density at radius 3 is 2.58 bits per heavy atom. The van der Waals surface area contributed by atoms with Gasteiger partial charge in [-0.2, -0.15) is 4.80 Å². The van der Waals surface area contributed by atoms with Crippen molar-refractivity contribution in [3.63, 3.8) is 0 Å². The monoisotopic (exact) mass is 463 g/mol. The molecule has 33 heavy (non-hydrogen) atoms. The molecule has 10 nitrogen and oxygen atoms in total. The molecular formula is C22H25N9OS. The van der Waals surface area contributed by atoms with Gasteiger partial charge in [0, 0.05) is 43.6 Å². The van der Waals surface area contributed by atoms with Crippen LogP contribution in [0.15, 0.2) is 36.5 Å². The highest BCUT2D eigenvalue weighted by Gasteiger charge is 2.22. The van der Waals surface area contributed by atoms with E-state index >= 15 is 0 Å². The second-order valence-corrected chi connectivity index (χ2v) is 8.89. The zero-order chi connectivity index (χ0) is 22.9. The van der Waals surface area contributed by atoms with E-state index in [9.17, 15) is 4.79 Å². The first-order chi connectivity index (χ1) is 16.0. The van der Waals surface area contributed by atoms with Crippen molar-refractivity contribution < 1.29 is 4.79 Å². The minimum atomic E-state index is -0.514. The second kappa shape index (κ2) is 8.66. The van der Waals surface area contributed by atoms with Crippen LogP contribution in [0.5, 0.6) is 0 Å². The van der Waals surface area contributed by atoms with Crippen LogP contribution in [0, 0.1) is 0 Å². The van der Waals surface area contributed by atoms with Crippen molar-refractivity contribution in [2.45, 2.75) is 19.9 Å². The molecule has 1 amide bonds. The van der Waals surface area contributed by atoms with E-state index in [1.165, 1.54) is 11.3 Å². The fourth-order valence-electron chi connectivity index (χ4n) is 4.21. The summed E-state index contributed by atoms with van der Waals surface area (Å²) < 4.78 is 0. The molecule has 1 aromatic carbocycles. The maximum absolute atomic E-state index is 11.8. The number of anilines is 3. The molecule has 11 heteroatoms. The molecule has 1 fully saturated rings. The zero-order valence-electron chi connectivity index (χ0n) is 18.3. The van der Waals surface area contributed by atoms with Gasteiger partial charge in [0.25, 0.3) is 5.91 Å². The van der Waals surface area contributed by atoms with Crippen molar-refractivity contribution in [2.24, 2.45) is 5.73 Å². The summed E-state index contributed by atoms with van der Waals surface area (Å²) in [6, 6.07) is 10.3. The SMILES string of the molecule is CCn1nnc(-c2ccc(N3CCCN(c4ccnc5sc(C(N)=O)c(N)c45)CC3)cc2)n1. The average molecular weight is 464 g/mol. The Morgan fingerprint density at radius 2 is 1.85 bits per heavy atom. The van der Waals surface area contributed by atoms with Gasteiger partial charge in [0.1, 0.15) is 9.71 Å². The zero-order valence-corrected chi connectivity index (χ0v) is 19.1. The van der Waals surface area contributed by atoms with Gasteiger partial charge in [-0.25, -0.2) is 4.98 Å². The summed E-state index contributed by atoms with van der Waals surface area (Å²) in [5.41, 5.74) is 15.3. The van der Waals surface area contributed by atoms with E-state index < -0.39 is 5.91 Å². The van der Waals surface area contributed by atoms with Gasteiger partial charge >= 0.3 is 0 Å². The number of hydrogen-bond acceptors (Lipinski definition) is 9. The van der Waals surface area contributed by atoms with E-state index in [2.05, 4.69) is 42.3 Å². The Labute approximate surface area is 194 Å². The normalized spacial score (nSPS) is 14.6. The topological polar surface area (TPSA) is 132 Å². The third kappa shape index (κ3) is 3.95. The minimum Gasteiger partial charge on any atom is -0.397 e. The lowest BCUT2D eigenvalue weighted by molar-refractivity contribution is 0.100. The van der Waals surface area contributed by atoms with E-state index in [0.29, 0.717) is 22.9 Å². The van der Waals surface area contributed by atoms with Crippen LogP contribution in [0.1, 0.15) is 23.0 Å². The second-order valence-electron chi connectivity index (χ2n) is 7.90. The Bertz CT molecular complexity index is 1300. The number of carbonyl (C=O) groups is 1. The van der Waals surface area contributed by atoms with Crippen LogP contribution in [-0.4, -0.2) is 57.3 Å². The molecule has 0 radical (unpaired) electrons. The maximum Gasteiger partial charge on any atom is 0.260 e. The Kier molecular flexibility index (Phi) is 5.55. The summed E-state index contributed by atoms with van der Waals surface area (Å²) in [4.78, 5) is 23.5. The minimum absolute atomic E-state index is 0.370. The van der Waals surface area contributed by atoms with E-state index in [0.717, 1.165) is 59.8 Å². The summed E-state index contributed by atoms with van der Waals surface area (Å²) in [6.45, 7) is 6.20. The quantitative estimate of drug-likeness (QED) is 0.461. The van der Waals surface area contributed by atoms with E-state index in [1.54, 1.807) is 11.0 Å². The molecule has 3 aromatic heterocycles. The number of thiophene rings is 1. The molecule has 5 rings (SSSR count). The highest BCUT2D eigenvalue weighted by Crippen LogP contribution is 2.38. The van der Waals surface area contributed by atoms with Crippen molar-refractivity contribution in [1.82, 2.24) is 25.2 Å². The summed E-state index contributed by atoms with van der Waals surface area (Å²) in [5.74, 6) is 0.121. The van der Waals surface area contributed by atoms with Crippen LogP contribution < -0.4 is 21.3 Å². The van der Waals surface area contributed by atoms with Crippen LogP contribution in [0.4, 0.5) is 17.1 Å². The van der Waals surface area contributed by atoms with Gasteiger partial charge in [-0.3, -0.25) is 4.79 Å². The molecule has 0 bridgehead atoms. The number of primary amides is 1. The standard InChI is InChI=1S/C22H25N9OS/c1-2-31-27-21(26-28-31)14-4-6-15(7-5-14)29-10-3-11-30(13-12-29)16-8-9-25-22-17(16)18(23)19(33-22)20(24)32/h4-9H,2-3,10-13,23H2,1H3,(H2,24,32). The average Bonchev–Trinajstić information content (AvgIpc) is 3.36. The van der Waals surface area contributed by atoms with Crippen molar-refractivity contribution in [2.75, 3.05) is 41.7 Å². The molecule has 1 aliphatic heterocycles. The van der Waals surface area contributed by atoms with Gasteiger partial charge in [-0.15, -0.1) is 21.5 Å². The molecule has 4 heterocycles. The lowest BCUT2D eigenvalue weighted by atomic mass is 10.2. The molecule has 0 spiro atoms. The van der Waals surface area contributed by atoms with Gasteiger partial charge in [-0.1, -0.05) is 0 Å². The molecular weight excluding hydrogens is 438 g/mol. The molecule has 0 saturated carbocycles. The van der Waals surface area contributed by atoms with Crippen LogP contribution >= 0.6 is 11.3 Å². The first kappa shape index (κ1) is 21.1. The number of aryl methyl sites for hydroxylation is 1. The lowest BCUT2D eigenvalue weighted by Gasteiger charge is -2.25. The van der Waals surface area contributed by atoms with Crippen LogP contribution in [0.2, 0.25) is 0 Å². The van der Waals surface area contributed by atoms with E-state index in [4.69, 9.17) is 11.5 Å². The number of tetrazole rings is 1. The van der Waals surface area contributed by atoms with Gasteiger partial charge in [-0.05, 0) is 48.9 Å². The molecule has 1 saturated heterocycles. The first-order valence-corrected chi connectivity index (χ1v) is 11.7. The number of carbonyl (C=O) groups excluding carboxylic acids is 1. The Morgan fingerprint density at radius 1 is 1.09 bits per heavy atom. The Hall–Kier alpha value is -3.73. The van der Waals surface area contributed by atoms with Gasteiger partial charge in [0.2, 0.25) is 5.82 Å². The van der Waals surface area contributed by atoms with Crippen molar-refractivity contribution in [3.8, 4) is 11.4 Å². The van der Waals surface area contributed by atoms with Crippen LogP contribution in [0.3, 0.4) is 0 Å². The first-order valence-electron chi connectivity index (χ1n) is 10.9. The highest BCUT2D eigenvalue weighted by atomic mass is 32.1. The molecule has 0 aliphatic carbocycles. The lowest BCUT2D eigenvalue weighted by Crippen LogP contribution is -2.30. The summed E-state index contributed by atoms with van der Waals surface area (Å²) in [5, 5.41) is 13.3. The van der Waals surface area contributed by atoms with Crippen molar-refractivity contribution in [1.29, 1.82) is 0 Å². The molecule has 1 aliphatic rings. The number of fused-ring (bicyclic) bond motifs is 1. The number of nitrogen functional groups attached to an aromatic ring is 1. The molecule has 4 aromatic rings. The molecule has 170 valence electrons. The Balaban J connectivity index is 1.35. The van der Waals surface area contributed by atoms with Crippen LogP contribution in [0.25, 0.3) is 21.6 Å². The van der Waals surface area contributed by atoms with Crippen molar-refractivity contribution >= 4 is 44.5 Å². The largest absolute Gasteiger partial charge is 0.397 e. The fraction of sp³-hybridized carbons (Fsp3) is 0.318. The maximum atomic E-state index is 11.8. The van der Waals surface area contributed by atoms with Crippen molar-refractivity contribution in [3.05, 3.63) is 41.4 Å². The predicted molar refractivity (Wildman–Crippen MR) is 131 cm³/mol. The number of pyridine rings is 1. The molecule has 4 N–H and O–H groups in total. The number of amides is 1. The smallest absolute Gasteiger partial charge is 0.260 e. The highest BCUT2D eigenvalue weighted by molar-refractivity contribution is 7.21. The summed E-state index contributed by atoms with van der Waals surface area (Å²) in [6.07, 6.45) is 2.76. The van der Waals surface area contributed by atoms with Gasteiger partial charge in [0.05, 0.1) is 23.3 Å². The van der Waals surface area contributed by atoms with Gasteiger partial charge < -0.3 is 21.3 Å². The fourth-order valence-corrected chi connectivity index (χ4v) is 5.14. The molecule has 0 atom stereocenters. The third-order valence-electron chi connectivity index (χ3n) is 5.89. The van der Waals surface area contributed by atoms with Gasteiger partial charge in [0.15, 0.2) is 0 Å². The summed E-state index contributed by atoms with van der Waals surface area (Å²) in [7, 11) is 0. The predicted octanol–water partition coefficient (Wildman–Crippen LogP) is 2.37. The van der Waals surface area contributed by atoms with Crippen LogP contribution in [-0.2, 0) is 6.54 Å².